The zero-order chi connectivity index (χ0) is 18.6. The van der Waals surface area contributed by atoms with Crippen molar-refractivity contribution in [1.82, 2.24) is 20.0 Å². The second kappa shape index (κ2) is 7.73. The van der Waals surface area contributed by atoms with E-state index in [1.54, 1.807) is 12.1 Å². The Labute approximate surface area is 143 Å². The quantitative estimate of drug-likeness (QED) is 0.827. The SMILES string of the molecule is CCN(CC)C(CNC(=O)c1cn(C)nc1C(F)(F)F)c1ccco1. The minimum absolute atomic E-state index is 0.125. The molecule has 0 saturated carbocycles. The normalized spacial score (nSPS) is 13.2. The number of amides is 1. The van der Waals surface area contributed by atoms with Gasteiger partial charge in [0.25, 0.3) is 5.91 Å². The average Bonchev–Trinajstić information content (AvgIpc) is 3.20. The summed E-state index contributed by atoms with van der Waals surface area (Å²) in [6.07, 6.45) is -2.10. The zero-order valence-electron chi connectivity index (χ0n) is 14.3. The number of alkyl halides is 3. The Bertz CT molecular complexity index is 691. The molecule has 1 amide bonds. The van der Waals surface area contributed by atoms with Gasteiger partial charge in [0, 0.05) is 19.8 Å². The van der Waals surface area contributed by atoms with E-state index in [0.29, 0.717) is 18.8 Å². The lowest BCUT2D eigenvalue weighted by Gasteiger charge is -2.28. The van der Waals surface area contributed by atoms with Crippen LogP contribution in [0.2, 0.25) is 0 Å². The second-order valence-electron chi connectivity index (χ2n) is 5.53. The first-order chi connectivity index (χ1) is 11.8. The van der Waals surface area contributed by atoms with Gasteiger partial charge in [-0.05, 0) is 25.2 Å². The average molecular weight is 358 g/mol. The van der Waals surface area contributed by atoms with Gasteiger partial charge in [-0.15, -0.1) is 0 Å². The fourth-order valence-corrected chi connectivity index (χ4v) is 2.70. The standard InChI is InChI=1S/C16H21F3N4O2/c1-4-23(5-2)12(13-7-6-8-25-13)9-20-15(24)11-10-22(3)21-14(11)16(17,18)19/h6-8,10,12H,4-5,9H2,1-3H3,(H,20,24). The highest BCUT2D eigenvalue weighted by Gasteiger charge is 2.39. The monoisotopic (exact) mass is 358 g/mol. The number of furan rings is 1. The maximum absolute atomic E-state index is 13.0. The zero-order valence-corrected chi connectivity index (χ0v) is 14.3. The molecule has 0 spiro atoms. The number of halogens is 3. The van der Waals surface area contributed by atoms with E-state index >= 15 is 0 Å². The van der Waals surface area contributed by atoms with Crippen LogP contribution in [0.3, 0.4) is 0 Å². The molecule has 25 heavy (non-hydrogen) atoms. The molecule has 2 heterocycles. The molecule has 138 valence electrons. The van der Waals surface area contributed by atoms with Crippen LogP contribution in [0.1, 0.15) is 41.7 Å². The van der Waals surface area contributed by atoms with Crippen LogP contribution in [0.15, 0.2) is 29.0 Å². The number of hydrogen-bond donors (Lipinski definition) is 1. The number of hydrogen-bond acceptors (Lipinski definition) is 4. The van der Waals surface area contributed by atoms with Gasteiger partial charge in [0.2, 0.25) is 0 Å². The van der Waals surface area contributed by atoms with Crippen LogP contribution in [0.25, 0.3) is 0 Å². The van der Waals surface area contributed by atoms with E-state index in [9.17, 15) is 18.0 Å². The van der Waals surface area contributed by atoms with Crippen molar-refractivity contribution in [3.8, 4) is 0 Å². The number of nitrogens with zero attached hydrogens (tertiary/aromatic N) is 3. The predicted molar refractivity (Wildman–Crippen MR) is 84.9 cm³/mol. The number of likely N-dealkylation sites (N-methyl/N-ethyl adjacent to an activating group) is 1. The number of nitrogens with one attached hydrogen (secondary N) is 1. The molecular formula is C16H21F3N4O2. The van der Waals surface area contributed by atoms with Crippen molar-refractivity contribution in [3.05, 3.63) is 41.6 Å². The molecule has 0 fully saturated rings. The number of rotatable bonds is 7. The van der Waals surface area contributed by atoms with Crippen molar-refractivity contribution in [2.24, 2.45) is 7.05 Å². The lowest BCUT2D eigenvalue weighted by molar-refractivity contribution is -0.141. The highest BCUT2D eigenvalue weighted by molar-refractivity contribution is 5.95. The van der Waals surface area contributed by atoms with E-state index in [-0.39, 0.29) is 12.6 Å². The van der Waals surface area contributed by atoms with Gasteiger partial charge >= 0.3 is 6.18 Å². The molecular weight excluding hydrogens is 337 g/mol. The summed E-state index contributed by atoms with van der Waals surface area (Å²) in [7, 11) is 1.34. The van der Waals surface area contributed by atoms with Crippen molar-refractivity contribution >= 4 is 5.91 Å². The van der Waals surface area contributed by atoms with E-state index in [1.165, 1.54) is 13.3 Å². The molecule has 2 aromatic heterocycles. The highest BCUT2D eigenvalue weighted by Crippen LogP contribution is 2.30. The van der Waals surface area contributed by atoms with Gasteiger partial charge in [0.05, 0.1) is 17.9 Å². The van der Waals surface area contributed by atoms with Crippen LogP contribution in [0.5, 0.6) is 0 Å². The number of carbonyl (C=O) groups is 1. The van der Waals surface area contributed by atoms with Crippen LogP contribution in [-0.2, 0) is 13.2 Å². The maximum atomic E-state index is 13.0. The molecule has 0 aliphatic rings. The van der Waals surface area contributed by atoms with Gasteiger partial charge in [0.1, 0.15) is 5.76 Å². The molecule has 1 N–H and O–H groups in total. The van der Waals surface area contributed by atoms with E-state index in [2.05, 4.69) is 10.4 Å². The van der Waals surface area contributed by atoms with E-state index in [0.717, 1.165) is 10.9 Å². The van der Waals surface area contributed by atoms with E-state index in [4.69, 9.17) is 4.42 Å². The Morgan fingerprint density at radius 3 is 2.60 bits per heavy atom. The summed E-state index contributed by atoms with van der Waals surface area (Å²) < 4.78 is 45.4. The van der Waals surface area contributed by atoms with Crippen LogP contribution in [0, 0.1) is 0 Å². The summed E-state index contributed by atoms with van der Waals surface area (Å²) in [6.45, 7) is 5.46. The molecule has 0 saturated heterocycles. The molecule has 0 bridgehead atoms. The van der Waals surface area contributed by atoms with Crippen molar-refractivity contribution < 1.29 is 22.4 Å². The Kier molecular flexibility index (Phi) is 5.89. The maximum Gasteiger partial charge on any atom is 0.435 e. The first kappa shape index (κ1) is 19.0. The van der Waals surface area contributed by atoms with Gasteiger partial charge in [-0.25, -0.2) is 0 Å². The third-order valence-corrected chi connectivity index (χ3v) is 3.92. The Balaban J connectivity index is 2.17. The van der Waals surface area contributed by atoms with E-state index in [1.807, 2.05) is 18.7 Å². The third kappa shape index (κ3) is 4.41. The van der Waals surface area contributed by atoms with E-state index < -0.39 is 23.3 Å². The third-order valence-electron chi connectivity index (χ3n) is 3.92. The summed E-state index contributed by atoms with van der Waals surface area (Å²) in [5.74, 6) is -0.171. The van der Waals surface area contributed by atoms with Gasteiger partial charge in [-0.3, -0.25) is 14.4 Å². The van der Waals surface area contributed by atoms with Gasteiger partial charge < -0.3 is 9.73 Å². The summed E-state index contributed by atoms with van der Waals surface area (Å²) in [4.78, 5) is 14.3. The molecule has 0 aromatic carbocycles. The Morgan fingerprint density at radius 1 is 1.40 bits per heavy atom. The van der Waals surface area contributed by atoms with Crippen LogP contribution >= 0.6 is 0 Å². The van der Waals surface area contributed by atoms with Crippen LogP contribution in [-0.4, -0.2) is 40.2 Å². The highest BCUT2D eigenvalue weighted by atomic mass is 19.4. The molecule has 2 rings (SSSR count). The van der Waals surface area contributed by atoms with Crippen LogP contribution < -0.4 is 5.32 Å². The molecule has 0 radical (unpaired) electrons. The van der Waals surface area contributed by atoms with Crippen LogP contribution in [0.4, 0.5) is 13.2 Å². The predicted octanol–water partition coefficient (Wildman–Crippen LogP) is 2.84. The van der Waals surface area contributed by atoms with Gasteiger partial charge in [-0.1, -0.05) is 13.8 Å². The lowest BCUT2D eigenvalue weighted by atomic mass is 10.1. The molecule has 1 atom stereocenters. The lowest BCUT2D eigenvalue weighted by Crippen LogP contribution is -2.38. The molecule has 1 unspecified atom stereocenters. The first-order valence-corrected chi connectivity index (χ1v) is 7.94. The summed E-state index contributed by atoms with van der Waals surface area (Å²) in [6, 6.07) is 3.25. The van der Waals surface area contributed by atoms with Gasteiger partial charge in [0.15, 0.2) is 5.69 Å². The topological polar surface area (TPSA) is 63.3 Å². The first-order valence-electron chi connectivity index (χ1n) is 7.94. The smallest absolute Gasteiger partial charge is 0.435 e. The minimum atomic E-state index is -4.69. The number of carbonyl (C=O) groups excluding carboxylic acids is 1. The number of aryl methyl sites for hydroxylation is 1. The molecule has 0 aliphatic carbocycles. The fourth-order valence-electron chi connectivity index (χ4n) is 2.70. The largest absolute Gasteiger partial charge is 0.468 e. The van der Waals surface area contributed by atoms with Crippen molar-refractivity contribution in [2.45, 2.75) is 26.1 Å². The van der Waals surface area contributed by atoms with Crippen molar-refractivity contribution in [1.29, 1.82) is 0 Å². The fraction of sp³-hybridized carbons (Fsp3) is 0.500. The summed E-state index contributed by atoms with van der Waals surface area (Å²) in [5.41, 5.74) is -1.68. The summed E-state index contributed by atoms with van der Waals surface area (Å²) >= 11 is 0. The molecule has 6 nitrogen and oxygen atoms in total. The van der Waals surface area contributed by atoms with Crippen molar-refractivity contribution in [2.75, 3.05) is 19.6 Å². The summed E-state index contributed by atoms with van der Waals surface area (Å²) in [5, 5.41) is 5.92. The molecule has 2 aromatic rings. The second-order valence-corrected chi connectivity index (χ2v) is 5.53. The Morgan fingerprint density at radius 2 is 2.08 bits per heavy atom. The molecule has 0 aliphatic heterocycles. The van der Waals surface area contributed by atoms with Crippen molar-refractivity contribution in [3.63, 3.8) is 0 Å². The Hall–Kier alpha value is -2.29. The molecule has 9 heteroatoms. The van der Waals surface area contributed by atoms with Gasteiger partial charge in [-0.2, -0.15) is 18.3 Å². The number of aromatic nitrogens is 2. The minimum Gasteiger partial charge on any atom is -0.468 e.